The van der Waals surface area contributed by atoms with Gasteiger partial charge in [-0.3, -0.25) is 25.0 Å². The van der Waals surface area contributed by atoms with Crippen LogP contribution in [-0.2, 0) is 4.79 Å². The largest absolute Gasteiger partial charge is 0.360 e. The first-order valence-electron chi connectivity index (χ1n) is 5.55. The van der Waals surface area contributed by atoms with Gasteiger partial charge in [-0.1, -0.05) is 6.07 Å². The maximum absolute atomic E-state index is 11.5. The molecule has 1 aromatic carbocycles. The third-order valence-corrected chi connectivity index (χ3v) is 3.65. The first-order valence-corrected chi connectivity index (χ1v) is 6.37. The highest BCUT2D eigenvalue weighted by Crippen LogP contribution is 2.32. The molecule has 1 saturated heterocycles. The van der Waals surface area contributed by atoms with E-state index in [-0.39, 0.29) is 10.6 Å². The quantitative estimate of drug-likeness (QED) is 0.501. The first-order chi connectivity index (χ1) is 9.56. The lowest BCUT2D eigenvalue weighted by molar-refractivity contribution is -0.383. The molecule has 8 heteroatoms. The number of aromatic nitrogens is 1. The lowest BCUT2D eigenvalue weighted by Gasteiger charge is -1.96. The highest BCUT2D eigenvalue weighted by Gasteiger charge is 2.26. The Kier molecular flexibility index (Phi) is 2.79. The number of carbonyl (C=O) groups is 2. The molecule has 7 nitrogen and oxygen atoms in total. The van der Waals surface area contributed by atoms with Crippen molar-refractivity contribution in [3.63, 3.8) is 0 Å². The van der Waals surface area contributed by atoms with Crippen LogP contribution in [0.25, 0.3) is 17.0 Å². The number of hydrogen-bond acceptors (Lipinski definition) is 5. The number of rotatable bonds is 2. The molecule has 100 valence electrons. The van der Waals surface area contributed by atoms with Gasteiger partial charge >= 0.3 is 0 Å². The number of imide groups is 1. The number of non-ortho nitro benzene ring substituents is 1. The summed E-state index contributed by atoms with van der Waals surface area (Å²) in [6, 6.07) is 4.68. The fraction of sp³-hybridized carbons (Fsp3) is 0. The highest BCUT2D eigenvalue weighted by molar-refractivity contribution is 8.18. The zero-order chi connectivity index (χ0) is 14.3. The van der Waals surface area contributed by atoms with Crippen molar-refractivity contribution < 1.29 is 14.5 Å². The maximum Gasteiger partial charge on any atom is 0.290 e. The predicted molar refractivity (Wildman–Crippen MR) is 74.1 cm³/mol. The zero-order valence-corrected chi connectivity index (χ0v) is 10.7. The number of amides is 2. The molecule has 0 unspecified atom stereocenters. The molecule has 2 aromatic rings. The number of nitrogens with one attached hydrogen (secondary N) is 2. The van der Waals surface area contributed by atoms with Gasteiger partial charge in [0.1, 0.15) is 0 Å². The fourth-order valence-corrected chi connectivity index (χ4v) is 2.69. The summed E-state index contributed by atoms with van der Waals surface area (Å²) in [7, 11) is 0. The minimum atomic E-state index is -0.493. The van der Waals surface area contributed by atoms with E-state index < -0.39 is 16.1 Å². The van der Waals surface area contributed by atoms with Gasteiger partial charge in [0.15, 0.2) is 0 Å². The first kappa shape index (κ1) is 12.4. The Morgan fingerprint density at radius 1 is 1.30 bits per heavy atom. The van der Waals surface area contributed by atoms with Crippen molar-refractivity contribution in [3.05, 3.63) is 45.0 Å². The van der Waals surface area contributed by atoms with Crippen LogP contribution in [0.4, 0.5) is 10.5 Å². The summed E-state index contributed by atoms with van der Waals surface area (Å²) in [5.41, 5.74) is 1.05. The van der Waals surface area contributed by atoms with Crippen LogP contribution in [0, 0.1) is 10.1 Å². The predicted octanol–water partition coefficient (Wildman–Crippen LogP) is 2.40. The lowest BCUT2D eigenvalue weighted by atomic mass is 10.1. The van der Waals surface area contributed by atoms with Crippen molar-refractivity contribution in [1.29, 1.82) is 0 Å². The number of hydrogen-bond donors (Lipinski definition) is 2. The second-order valence-corrected chi connectivity index (χ2v) is 5.07. The number of aromatic amines is 1. The van der Waals surface area contributed by atoms with Crippen molar-refractivity contribution in [1.82, 2.24) is 10.3 Å². The van der Waals surface area contributed by atoms with Gasteiger partial charge in [0.05, 0.1) is 20.7 Å². The summed E-state index contributed by atoms with van der Waals surface area (Å²) in [6.07, 6.45) is 3.04. The van der Waals surface area contributed by atoms with Gasteiger partial charge in [-0.05, 0) is 23.9 Å². The molecule has 2 amide bonds. The normalized spacial score (nSPS) is 16.9. The second kappa shape index (κ2) is 4.49. The van der Waals surface area contributed by atoms with Crippen LogP contribution in [0.5, 0.6) is 0 Å². The maximum atomic E-state index is 11.5. The van der Waals surface area contributed by atoms with Gasteiger partial charge in [0.25, 0.3) is 16.8 Å². The van der Waals surface area contributed by atoms with E-state index in [4.69, 9.17) is 0 Å². The molecule has 0 aliphatic carbocycles. The molecule has 1 aliphatic heterocycles. The topological polar surface area (TPSA) is 105 Å². The summed E-state index contributed by atoms with van der Waals surface area (Å²) in [5, 5.41) is 13.2. The van der Waals surface area contributed by atoms with Gasteiger partial charge in [-0.25, -0.2) is 0 Å². The van der Waals surface area contributed by atoms with Gasteiger partial charge in [0.2, 0.25) is 0 Å². The molecule has 1 aliphatic rings. The van der Waals surface area contributed by atoms with Gasteiger partial charge in [-0.2, -0.15) is 0 Å². The molecular weight excluding hydrogens is 282 g/mol. The summed E-state index contributed by atoms with van der Waals surface area (Å²) >= 11 is 0.772. The van der Waals surface area contributed by atoms with Crippen LogP contribution in [0.3, 0.4) is 0 Å². The Bertz CT molecular complexity index is 793. The van der Waals surface area contributed by atoms with E-state index >= 15 is 0 Å². The van der Waals surface area contributed by atoms with Crippen molar-refractivity contribution >= 4 is 45.6 Å². The SMILES string of the molecule is O=C1NC(=O)/C(=C/c2c[nH]c3cccc([N+](=O)[O-])c23)S1. The molecule has 0 saturated carbocycles. The minimum Gasteiger partial charge on any atom is -0.360 e. The van der Waals surface area contributed by atoms with Crippen LogP contribution in [-0.4, -0.2) is 21.1 Å². The summed E-state index contributed by atoms with van der Waals surface area (Å²) in [6.45, 7) is 0. The molecule has 2 heterocycles. The Labute approximate surface area is 116 Å². The Hall–Kier alpha value is -2.61. The number of nitrogens with zero attached hydrogens (tertiary/aromatic N) is 1. The molecule has 3 rings (SSSR count). The number of benzene rings is 1. The number of thioether (sulfide) groups is 1. The monoisotopic (exact) mass is 289 g/mol. The number of fused-ring (bicyclic) bond motifs is 1. The average molecular weight is 289 g/mol. The second-order valence-electron chi connectivity index (χ2n) is 4.05. The van der Waals surface area contributed by atoms with Crippen LogP contribution in [0.1, 0.15) is 5.56 Å². The van der Waals surface area contributed by atoms with E-state index in [0.29, 0.717) is 16.5 Å². The molecule has 2 N–H and O–H groups in total. The number of nitro benzene ring substituents is 1. The van der Waals surface area contributed by atoms with E-state index in [9.17, 15) is 19.7 Å². The van der Waals surface area contributed by atoms with Crippen molar-refractivity contribution in [2.45, 2.75) is 0 Å². The molecule has 0 spiro atoms. The number of carbonyl (C=O) groups excluding carboxylic acids is 2. The lowest BCUT2D eigenvalue weighted by Crippen LogP contribution is -2.17. The van der Waals surface area contributed by atoms with E-state index in [0.717, 1.165) is 11.8 Å². The van der Waals surface area contributed by atoms with Crippen molar-refractivity contribution in [2.24, 2.45) is 0 Å². The van der Waals surface area contributed by atoms with Crippen LogP contribution in [0.15, 0.2) is 29.3 Å². The van der Waals surface area contributed by atoms with E-state index in [1.165, 1.54) is 12.1 Å². The highest BCUT2D eigenvalue weighted by atomic mass is 32.2. The molecule has 20 heavy (non-hydrogen) atoms. The molecule has 0 atom stereocenters. The molecule has 0 radical (unpaired) electrons. The van der Waals surface area contributed by atoms with Crippen LogP contribution >= 0.6 is 11.8 Å². The molecule has 1 aromatic heterocycles. The summed E-state index contributed by atoms with van der Waals surface area (Å²) in [4.78, 5) is 36.3. The standard InChI is InChI=1S/C12H7N3O4S/c16-11-9(20-12(17)14-11)4-6-5-13-7-2-1-3-8(10(6)7)15(18)19/h1-5,13H,(H,14,16,17)/b9-4-. The Balaban J connectivity index is 2.18. The van der Waals surface area contributed by atoms with Crippen molar-refractivity contribution in [2.75, 3.05) is 0 Å². The third-order valence-electron chi connectivity index (χ3n) is 2.84. The average Bonchev–Trinajstić information content (AvgIpc) is 2.94. The molecular formula is C12H7N3O4S. The molecule has 1 fully saturated rings. The fourth-order valence-electron chi connectivity index (χ4n) is 2.02. The van der Waals surface area contributed by atoms with Crippen LogP contribution < -0.4 is 5.32 Å². The third kappa shape index (κ3) is 1.95. The summed E-state index contributed by atoms with van der Waals surface area (Å²) in [5.74, 6) is -0.493. The van der Waals surface area contributed by atoms with E-state index in [1.54, 1.807) is 18.3 Å². The molecule has 0 bridgehead atoms. The van der Waals surface area contributed by atoms with Crippen molar-refractivity contribution in [3.8, 4) is 0 Å². The number of nitro groups is 1. The smallest absolute Gasteiger partial charge is 0.290 e. The van der Waals surface area contributed by atoms with Crippen LogP contribution in [0.2, 0.25) is 0 Å². The Morgan fingerprint density at radius 2 is 2.10 bits per heavy atom. The van der Waals surface area contributed by atoms with Gasteiger partial charge in [-0.15, -0.1) is 0 Å². The van der Waals surface area contributed by atoms with Gasteiger partial charge < -0.3 is 4.98 Å². The minimum absolute atomic E-state index is 0.0506. The van der Waals surface area contributed by atoms with E-state index in [2.05, 4.69) is 10.3 Å². The van der Waals surface area contributed by atoms with E-state index in [1.807, 2.05) is 0 Å². The zero-order valence-electron chi connectivity index (χ0n) is 9.88. The Morgan fingerprint density at radius 3 is 2.75 bits per heavy atom. The number of H-pyrrole nitrogens is 1. The van der Waals surface area contributed by atoms with Gasteiger partial charge in [0, 0.05) is 17.8 Å². The summed E-state index contributed by atoms with van der Waals surface area (Å²) < 4.78 is 0.